The Balaban J connectivity index is 1.54. The molecule has 1 amide bonds. The van der Waals surface area contributed by atoms with Gasteiger partial charge < -0.3 is 10.3 Å². The van der Waals surface area contributed by atoms with Crippen LogP contribution in [0.2, 0.25) is 0 Å². The van der Waals surface area contributed by atoms with Gasteiger partial charge in [-0.1, -0.05) is 60.3 Å². The summed E-state index contributed by atoms with van der Waals surface area (Å²) in [7, 11) is 0. The topological polar surface area (TPSA) is 92.7 Å². The molecule has 30 heavy (non-hydrogen) atoms. The number of nitrogens with zero attached hydrogens (tertiary/aromatic N) is 3. The smallest absolute Gasteiger partial charge is 0.262 e. The van der Waals surface area contributed by atoms with Gasteiger partial charge in [0.2, 0.25) is 5.91 Å². The molecule has 0 aliphatic carbocycles. The maximum atomic E-state index is 12.6. The first-order valence-corrected chi connectivity index (χ1v) is 10.5. The predicted molar refractivity (Wildman–Crippen MR) is 118 cm³/mol. The third-order valence-corrected chi connectivity index (χ3v) is 5.72. The van der Waals surface area contributed by atoms with Crippen LogP contribution in [-0.2, 0) is 4.79 Å². The van der Waals surface area contributed by atoms with Crippen molar-refractivity contribution < 1.29 is 4.79 Å². The molecule has 8 heteroatoms. The van der Waals surface area contributed by atoms with E-state index in [9.17, 15) is 9.59 Å². The molecule has 152 valence electrons. The molecule has 0 saturated heterocycles. The SMILES string of the molecule is C[C@H](NC(=O)[C@@H](C)Sc1nc2c(cnn2-c2ccccc2)c(=O)[nH]1)c1ccccc1. The summed E-state index contributed by atoms with van der Waals surface area (Å²) in [6.45, 7) is 3.73. The number of rotatable bonds is 6. The van der Waals surface area contributed by atoms with E-state index in [0.717, 1.165) is 11.3 Å². The van der Waals surface area contributed by atoms with Crippen molar-refractivity contribution in [1.82, 2.24) is 25.1 Å². The van der Waals surface area contributed by atoms with E-state index in [4.69, 9.17) is 0 Å². The van der Waals surface area contributed by atoms with E-state index in [1.807, 2.05) is 67.6 Å². The molecule has 0 bridgehead atoms. The highest BCUT2D eigenvalue weighted by Gasteiger charge is 2.20. The molecule has 0 unspecified atom stereocenters. The van der Waals surface area contributed by atoms with Crippen molar-refractivity contribution >= 4 is 28.7 Å². The molecule has 7 nitrogen and oxygen atoms in total. The van der Waals surface area contributed by atoms with Gasteiger partial charge in [-0.15, -0.1) is 0 Å². The highest BCUT2D eigenvalue weighted by molar-refractivity contribution is 8.00. The molecule has 2 aromatic heterocycles. The first-order valence-electron chi connectivity index (χ1n) is 9.58. The fourth-order valence-corrected chi connectivity index (χ4v) is 3.89. The number of amides is 1. The van der Waals surface area contributed by atoms with Crippen LogP contribution in [0.1, 0.15) is 25.5 Å². The molecule has 2 atom stereocenters. The Bertz CT molecular complexity index is 1220. The average molecular weight is 420 g/mol. The summed E-state index contributed by atoms with van der Waals surface area (Å²) in [6.07, 6.45) is 1.50. The normalized spacial score (nSPS) is 13.1. The maximum Gasteiger partial charge on any atom is 0.262 e. The van der Waals surface area contributed by atoms with E-state index < -0.39 is 5.25 Å². The zero-order chi connectivity index (χ0) is 21.1. The van der Waals surface area contributed by atoms with Crippen molar-refractivity contribution in [3.05, 3.63) is 82.8 Å². The van der Waals surface area contributed by atoms with Gasteiger partial charge in [-0.25, -0.2) is 9.67 Å². The van der Waals surface area contributed by atoms with Crippen molar-refractivity contribution in [3.63, 3.8) is 0 Å². The van der Waals surface area contributed by atoms with Gasteiger partial charge in [0.15, 0.2) is 10.8 Å². The zero-order valence-electron chi connectivity index (χ0n) is 16.6. The predicted octanol–water partition coefficient (Wildman–Crippen LogP) is 3.47. The van der Waals surface area contributed by atoms with Crippen molar-refractivity contribution in [3.8, 4) is 5.69 Å². The summed E-state index contributed by atoms with van der Waals surface area (Å²) >= 11 is 1.21. The number of fused-ring (bicyclic) bond motifs is 1. The number of carbonyl (C=O) groups is 1. The molecule has 0 spiro atoms. The Morgan fingerprint density at radius 1 is 1.07 bits per heavy atom. The Morgan fingerprint density at radius 3 is 2.43 bits per heavy atom. The standard InChI is InChI=1S/C22H21N5O2S/c1-14(16-9-5-3-6-10-16)24-20(28)15(2)30-22-25-19-18(21(29)26-22)13-23-27(19)17-11-7-4-8-12-17/h3-15H,1-2H3,(H,24,28)(H,25,26,29)/t14-,15+/m0/s1. The summed E-state index contributed by atoms with van der Waals surface area (Å²) in [5.74, 6) is -0.129. The number of thioether (sulfide) groups is 1. The van der Waals surface area contributed by atoms with Crippen LogP contribution >= 0.6 is 11.8 Å². The Morgan fingerprint density at radius 2 is 1.73 bits per heavy atom. The second-order valence-corrected chi connectivity index (χ2v) is 8.23. The number of hydrogen-bond donors (Lipinski definition) is 2. The Kier molecular flexibility index (Phi) is 5.67. The monoisotopic (exact) mass is 419 g/mol. The second kappa shape index (κ2) is 8.54. The lowest BCUT2D eigenvalue weighted by Gasteiger charge is -2.17. The third kappa shape index (κ3) is 4.13. The fraction of sp³-hybridized carbons (Fsp3) is 0.182. The van der Waals surface area contributed by atoms with Gasteiger partial charge in [0, 0.05) is 0 Å². The van der Waals surface area contributed by atoms with E-state index in [0.29, 0.717) is 16.2 Å². The minimum Gasteiger partial charge on any atom is -0.349 e. The molecule has 0 radical (unpaired) electrons. The van der Waals surface area contributed by atoms with Gasteiger partial charge in [-0.2, -0.15) is 5.10 Å². The molecule has 2 N–H and O–H groups in total. The summed E-state index contributed by atoms with van der Waals surface area (Å²) in [5.41, 5.74) is 2.01. The lowest BCUT2D eigenvalue weighted by atomic mass is 10.1. The lowest BCUT2D eigenvalue weighted by Crippen LogP contribution is -2.33. The average Bonchev–Trinajstić information content (AvgIpc) is 3.19. The summed E-state index contributed by atoms with van der Waals surface area (Å²) in [5, 5.41) is 7.64. The van der Waals surface area contributed by atoms with Crippen LogP contribution in [0.5, 0.6) is 0 Å². The highest BCUT2D eigenvalue weighted by atomic mass is 32.2. The minimum absolute atomic E-state index is 0.115. The molecule has 4 aromatic rings. The first kappa shape index (κ1) is 19.9. The molecule has 0 aliphatic heterocycles. The van der Waals surface area contributed by atoms with Crippen LogP contribution in [0.4, 0.5) is 0 Å². The van der Waals surface area contributed by atoms with Crippen molar-refractivity contribution in [1.29, 1.82) is 0 Å². The van der Waals surface area contributed by atoms with Crippen molar-refractivity contribution in [2.24, 2.45) is 0 Å². The third-order valence-electron chi connectivity index (χ3n) is 4.73. The molecule has 2 heterocycles. The quantitative estimate of drug-likeness (QED) is 0.369. The molecule has 0 aliphatic rings. The van der Waals surface area contributed by atoms with Gasteiger partial charge >= 0.3 is 0 Å². The van der Waals surface area contributed by atoms with Gasteiger partial charge in [-0.3, -0.25) is 9.59 Å². The second-order valence-electron chi connectivity index (χ2n) is 6.90. The van der Waals surface area contributed by atoms with Gasteiger partial charge in [0.05, 0.1) is 23.2 Å². The van der Waals surface area contributed by atoms with E-state index in [-0.39, 0.29) is 17.5 Å². The molecule has 4 rings (SSSR count). The van der Waals surface area contributed by atoms with Gasteiger partial charge in [-0.05, 0) is 31.5 Å². The van der Waals surface area contributed by atoms with E-state index in [1.165, 1.54) is 18.0 Å². The summed E-state index contributed by atoms with van der Waals surface area (Å²) in [4.78, 5) is 32.5. The molecule has 0 fully saturated rings. The molecule has 0 saturated carbocycles. The van der Waals surface area contributed by atoms with Crippen LogP contribution in [0.25, 0.3) is 16.7 Å². The summed E-state index contributed by atoms with van der Waals surface area (Å²) < 4.78 is 1.62. The highest BCUT2D eigenvalue weighted by Crippen LogP contribution is 2.22. The van der Waals surface area contributed by atoms with Gasteiger partial charge in [0.1, 0.15) is 5.39 Å². The fourth-order valence-electron chi connectivity index (χ4n) is 3.09. The number of aromatic amines is 1. The number of H-pyrrole nitrogens is 1. The molecular weight excluding hydrogens is 398 g/mol. The molecular formula is C22H21N5O2S. The first-order chi connectivity index (χ1) is 14.5. The summed E-state index contributed by atoms with van der Waals surface area (Å²) in [6, 6.07) is 19.1. The van der Waals surface area contributed by atoms with Crippen LogP contribution in [-0.4, -0.2) is 30.9 Å². The van der Waals surface area contributed by atoms with Crippen LogP contribution in [0, 0.1) is 0 Å². The van der Waals surface area contributed by atoms with E-state index in [1.54, 1.807) is 11.6 Å². The number of carbonyl (C=O) groups excluding carboxylic acids is 1. The van der Waals surface area contributed by atoms with E-state index >= 15 is 0 Å². The molecule has 2 aromatic carbocycles. The van der Waals surface area contributed by atoms with Crippen molar-refractivity contribution in [2.45, 2.75) is 30.3 Å². The number of nitrogens with one attached hydrogen (secondary N) is 2. The van der Waals surface area contributed by atoms with Crippen LogP contribution in [0.3, 0.4) is 0 Å². The number of benzene rings is 2. The number of aromatic nitrogens is 4. The number of para-hydroxylation sites is 1. The zero-order valence-corrected chi connectivity index (χ0v) is 17.4. The van der Waals surface area contributed by atoms with Crippen LogP contribution in [0.15, 0.2) is 76.8 Å². The maximum absolute atomic E-state index is 12.6. The van der Waals surface area contributed by atoms with Crippen LogP contribution < -0.4 is 10.9 Å². The number of hydrogen-bond acceptors (Lipinski definition) is 5. The minimum atomic E-state index is -0.440. The lowest BCUT2D eigenvalue weighted by molar-refractivity contribution is -0.120. The van der Waals surface area contributed by atoms with Crippen molar-refractivity contribution in [2.75, 3.05) is 0 Å². The Hall–Kier alpha value is -3.39. The largest absolute Gasteiger partial charge is 0.349 e. The van der Waals surface area contributed by atoms with E-state index in [2.05, 4.69) is 20.4 Å². The Labute approximate surface area is 177 Å². The van der Waals surface area contributed by atoms with Gasteiger partial charge in [0.25, 0.3) is 5.56 Å².